The molecule has 1 aliphatic carbocycles. The molecular weight excluding hydrogens is 547 g/mol. The molecule has 3 aromatic rings. The summed E-state index contributed by atoms with van der Waals surface area (Å²) in [6.45, 7) is 1.40. The van der Waals surface area contributed by atoms with Crippen LogP contribution in [0.5, 0.6) is 0 Å². The molecule has 3 aromatic carbocycles. The molecule has 0 radical (unpaired) electrons. The Hall–Kier alpha value is -4.18. The van der Waals surface area contributed by atoms with E-state index in [1.165, 1.54) is 0 Å². The van der Waals surface area contributed by atoms with Crippen LogP contribution in [-0.2, 0) is 15.1 Å². The first-order chi connectivity index (χ1) is 20.2. The number of alkyl carbamates (subject to hydrolysis) is 1. The van der Waals surface area contributed by atoms with E-state index in [9.17, 15) is 27.6 Å². The minimum Gasteiger partial charge on any atom is -0.433 e. The second-order valence-corrected chi connectivity index (χ2v) is 10.6. The molecule has 220 valence electrons. The van der Waals surface area contributed by atoms with Gasteiger partial charge in [0.25, 0.3) is 5.91 Å². The van der Waals surface area contributed by atoms with E-state index in [2.05, 4.69) is 4.90 Å². The van der Waals surface area contributed by atoms with E-state index >= 15 is 0 Å². The highest BCUT2D eigenvalue weighted by molar-refractivity contribution is 6.42. The molecule has 0 saturated carbocycles. The topological polar surface area (TPSA) is 79.0 Å². The summed E-state index contributed by atoms with van der Waals surface area (Å²) in [6.07, 6.45) is -3.90. The van der Waals surface area contributed by atoms with Crippen LogP contribution in [0.2, 0.25) is 0 Å². The zero-order chi connectivity index (χ0) is 29.7. The normalized spacial score (nSPS) is 15.9. The molecule has 5 rings (SSSR count). The van der Waals surface area contributed by atoms with Gasteiger partial charge in [-0.25, -0.2) is 4.79 Å². The predicted octanol–water partition coefficient (Wildman–Crippen LogP) is 5.40. The van der Waals surface area contributed by atoms with Gasteiger partial charge in [-0.1, -0.05) is 78.9 Å². The number of piperazine rings is 1. The summed E-state index contributed by atoms with van der Waals surface area (Å²) in [5.41, 5.74) is 2.45. The van der Waals surface area contributed by atoms with Crippen molar-refractivity contribution in [2.45, 2.75) is 31.0 Å². The fourth-order valence-electron chi connectivity index (χ4n) is 5.82. The number of hydrogen-bond acceptors (Lipinski definition) is 5. The van der Waals surface area contributed by atoms with E-state index in [0.29, 0.717) is 44.6 Å². The number of amides is 2. The maximum atomic E-state index is 12.8. The lowest BCUT2D eigenvalue weighted by Crippen LogP contribution is -2.50. The van der Waals surface area contributed by atoms with Crippen LogP contribution < -0.4 is 5.32 Å². The van der Waals surface area contributed by atoms with Crippen LogP contribution in [0.15, 0.2) is 78.9 Å². The Morgan fingerprint density at radius 2 is 1.36 bits per heavy atom. The molecule has 1 heterocycles. The Morgan fingerprint density at radius 3 is 1.95 bits per heavy atom. The number of Topliss-reactive ketones (excluding diaryl/α,β-unsaturated/α-hetero) is 1. The van der Waals surface area contributed by atoms with Crippen LogP contribution in [-0.4, -0.2) is 73.0 Å². The maximum absolute atomic E-state index is 12.8. The largest absolute Gasteiger partial charge is 0.433 e. The van der Waals surface area contributed by atoms with Gasteiger partial charge in [0.15, 0.2) is 5.60 Å². The quantitative estimate of drug-likeness (QED) is 0.209. The highest BCUT2D eigenvalue weighted by Gasteiger charge is 2.46. The van der Waals surface area contributed by atoms with E-state index in [1.807, 2.05) is 53.8 Å². The number of fused-ring (bicyclic) bond motifs is 3. The lowest BCUT2D eigenvalue weighted by atomic mass is 9.86. The van der Waals surface area contributed by atoms with Gasteiger partial charge in [0.05, 0.1) is 0 Å². The van der Waals surface area contributed by atoms with Crippen LogP contribution in [0, 0.1) is 0 Å². The van der Waals surface area contributed by atoms with Crippen LogP contribution in [0.1, 0.15) is 40.7 Å². The lowest BCUT2D eigenvalue weighted by molar-refractivity contribution is -0.128. The SMILES string of the molecule is O=C(NCC(F)(F)F)OC1(CCCCN2CCN(C(=O)C(=O)c3ccccc3)CC2)c2ccccc2-c2ccccc21. The fourth-order valence-corrected chi connectivity index (χ4v) is 5.82. The van der Waals surface area contributed by atoms with Crippen LogP contribution in [0.3, 0.4) is 0 Å². The van der Waals surface area contributed by atoms with Crippen molar-refractivity contribution in [1.82, 2.24) is 15.1 Å². The van der Waals surface area contributed by atoms with Gasteiger partial charge in [-0.2, -0.15) is 13.2 Å². The number of halogens is 3. The van der Waals surface area contributed by atoms with Crippen molar-refractivity contribution in [2.75, 3.05) is 39.3 Å². The number of carbonyl (C=O) groups is 3. The van der Waals surface area contributed by atoms with Crippen LogP contribution in [0.4, 0.5) is 18.0 Å². The average Bonchev–Trinajstić information content (AvgIpc) is 3.27. The van der Waals surface area contributed by atoms with Gasteiger partial charge in [-0.15, -0.1) is 0 Å². The minimum atomic E-state index is -4.55. The average molecular weight is 580 g/mol. The number of ketones is 1. The minimum absolute atomic E-state index is 0.378. The molecule has 0 spiro atoms. The first kappa shape index (κ1) is 29.3. The van der Waals surface area contributed by atoms with Crippen molar-refractivity contribution in [1.29, 1.82) is 0 Å². The number of nitrogens with zero attached hydrogens (tertiary/aromatic N) is 2. The molecule has 0 bridgehead atoms. The summed E-state index contributed by atoms with van der Waals surface area (Å²) in [4.78, 5) is 41.7. The zero-order valence-electron chi connectivity index (χ0n) is 23.0. The molecule has 2 amide bonds. The number of alkyl halides is 3. The first-order valence-corrected chi connectivity index (χ1v) is 14.0. The number of benzene rings is 3. The maximum Gasteiger partial charge on any atom is 0.408 e. The number of nitrogens with one attached hydrogen (secondary N) is 1. The molecule has 2 aliphatic rings. The Morgan fingerprint density at radius 1 is 0.786 bits per heavy atom. The third-order valence-corrected chi connectivity index (χ3v) is 7.86. The lowest BCUT2D eigenvalue weighted by Gasteiger charge is -2.35. The third-order valence-electron chi connectivity index (χ3n) is 7.86. The van der Waals surface area contributed by atoms with Crippen molar-refractivity contribution in [3.05, 3.63) is 95.6 Å². The summed E-state index contributed by atoms with van der Waals surface area (Å²) in [6, 6.07) is 23.5. The molecule has 0 atom stereocenters. The van der Waals surface area contributed by atoms with Gasteiger partial charge >= 0.3 is 12.3 Å². The highest BCUT2D eigenvalue weighted by atomic mass is 19.4. The summed E-state index contributed by atoms with van der Waals surface area (Å²) in [7, 11) is 0. The van der Waals surface area contributed by atoms with Gasteiger partial charge in [0.2, 0.25) is 5.78 Å². The first-order valence-electron chi connectivity index (χ1n) is 14.0. The van der Waals surface area contributed by atoms with Crippen LogP contribution in [0.25, 0.3) is 11.1 Å². The molecule has 1 fully saturated rings. The number of unbranched alkanes of at least 4 members (excludes halogenated alkanes) is 1. The van der Waals surface area contributed by atoms with Gasteiger partial charge in [-0.3, -0.25) is 14.5 Å². The van der Waals surface area contributed by atoms with Gasteiger partial charge in [0, 0.05) is 42.9 Å². The molecule has 10 heteroatoms. The van der Waals surface area contributed by atoms with Crippen molar-refractivity contribution < 1.29 is 32.3 Å². The molecular formula is C32H32F3N3O4. The van der Waals surface area contributed by atoms with E-state index in [1.54, 1.807) is 35.2 Å². The molecule has 1 saturated heterocycles. The smallest absolute Gasteiger partial charge is 0.408 e. The monoisotopic (exact) mass is 579 g/mol. The van der Waals surface area contributed by atoms with Crippen molar-refractivity contribution >= 4 is 17.8 Å². The molecule has 42 heavy (non-hydrogen) atoms. The van der Waals surface area contributed by atoms with Gasteiger partial charge < -0.3 is 15.0 Å². The van der Waals surface area contributed by atoms with Gasteiger partial charge in [0.1, 0.15) is 6.54 Å². The summed E-state index contributed by atoms with van der Waals surface area (Å²) in [5.74, 6) is -1.01. The Kier molecular flexibility index (Phi) is 8.63. The van der Waals surface area contributed by atoms with Gasteiger partial charge in [-0.05, 0) is 36.9 Å². The highest BCUT2D eigenvalue weighted by Crippen LogP contribution is 2.52. The Bertz CT molecular complexity index is 1390. The molecule has 1 aliphatic heterocycles. The van der Waals surface area contributed by atoms with E-state index in [4.69, 9.17) is 4.74 Å². The standard InChI is InChI=1S/C32H32F3N3O4/c33-32(34,35)22-36-30(41)42-31(26-14-6-4-12-24(26)25-13-5-7-15-27(25)31)16-8-9-17-37-18-20-38(21-19-37)29(40)28(39)23-10-2-1-3-11-23/h1-7,10-15H,8-9,16-22H2,(H,36,41). The van der Waals surface area contributed by atoms with E-state index in [0.717, 1.165) is 35.2 Å². The zero-order valence-corrected chi connectivity index (χ0v) is 23.0. The summed E-state index contributed by atoms with van der Waals surface area (Å²) >= 11 is 0. The predicted molar refractivity (Wildman–Crippen MR) is 151 cm³/mol. The number of rotatable bonds is 9. The molecule has 0 unspecified atom stereocenters. The summed E-state index contributed by atoms with van der Waals surface area (Å²) < 4.78 is 44.3. The molecule has 1 N–H and O–H groups in total. The molecule has 7 nitrogen and oxygen atoms in total. The summed E-state index contributed by atoms with van der Waals surface area (Å²) in [5, 5.41) is 1.86. The number of carbonyl (C=O) groups excluding carboxylic acids is 3. The van der Waals surface area contributed by atoms with Crippen LogP contribution >= 0.6 is 0 Å². The van der Waals surface area contributed by atoms with E-state index < -0.39 is 36.1 Å². The Balaban J connectivity index is 1.21. The molecule has 0 aromatic heterocycles. The Labute approximate surface area is 242 Å². The number of hydrogen-bond donors (Lipinski definition) is 1. The second-order valence-electron chi connectivity index (χ2n) is 10.6. The van der Waals surface area contributed by atoms with Crippen molar-refractivity contribution in [3.63, 3.8) is 0 Å². The fraction of sp³-hybridized carbons (Fsp3) is 0.344. The van der Waals surface area contributed by atoms with Crippen molar-refractivity contribution in [3.8, 4) is 11.1 Å². The van der Waals surface area contributed by atoms with E-state index in [-0.39, 0.29) is 0 Å². The third kappa shape index (κ3) is 6.33. The number of ether oxygens (including phenoxy) is 1. The van der Waals surface area contributed by atoms with Crippen molar-refractivity contribution in [2.24, 2.45) is 0 Å². The second kappa shape index (κ2) is 12.4.